The molecule has 0 fully saturated rings. The lowest BCUT2D eigenvalue weighted by Gasteiger charge is -1.96. The van der Waals surface area contributed by atoms with Crippen molar-refractivity contribution in [3.8, 4) is 0 Å². The van der Waals surface area contributed by atoms with E-state index in [-0.39, 0.29) is 0 Å². The van der Waals surface area contributed by atoms with Crippen molar-refractivity contribution in [2.75, 3.05) is 0 Å². The lowest BCUT2D eigenvalue weighted by Crippen LogP contribution is -1.91. The van der Waals surface area contributed by atoms with Gasteiger partial charge in [-0.25, -0.2) is 14.2 Å². The smallest absolute Gasteiger partial charge is 0.328 e. The Labute approximate surface area is 90.7 Å². The van der Waals surface area contributed by atoms with Crippen molar-refractivity contribution in [3.05, 3.63) is 41.6 Å². The van der Waals surface area contributed by atoms with E-state index in [1.807, 2.05) is 0 Å². The molecule has 4 nitrogen and oxygen atoms in total. The zero-order chi connectivity index (χ0) is 11.7. The molecule has 0 radical (unpaired) electrons. The van der Waals surface area contributed by atoms with Crippen molar-refractivity contribution in [2.45, 2.75) is 6.92 Å². The normalized spacial score (nSPS) is 11.4. The minimum Gasteiger partial charge on any atom is -0.478 e. The van der Waals surface area contributed by atoms with Crippen LogP contribution in [0.5, 0.6) is 0 Å². The van der Waals surface area contributed by atoms with E-state index in [1.54, 1.807) is 13.0 Å². The molecule has 0 spiro atoms. The van der Waals surface area contributed by atoms with Gasteiger partial charge in [-0.3, -0.25) is 4.40 Å². The van der Waals surface area contributed by atoms with E-state index in [0.29, 0.717) is 17.0 Å². The lowest BCUT2D eigenvalue weighted by atomic mass is 10.3. The van der Waals surface area contributed by atoms with Crippen molar-refractivity contribution >= 4 is 17.7 Å². The number of aromatic nitrogens is 2. The number of nitrogens with zero attached hydrogens (tertiary/aromatic N) is 2. The molecular formula is C11H9FN2O2. The van der Waals surface area contributed by atoms with E-state index in [2.05, 4.69) is 4.98 Å². The van der Waals surface area contributed by atoms with Gasteiger partial charge in [-0.2, -0.15) is 0 Å². The molecule has 0 bridgehead atoms. The molecule has 0 amide bonds. The first-order valence-electron chi connectivity index (χ1n) is 4.63. The summed E-state index contributed by atoms with van der Waals surface area (Å²) >= 11 is 0. The van der Waals surface area contributed by atoms with Crippen molar-refractivity contribution < 1.29 is 14.3 Å². The summed E-state index contributed by atoms with van der Waals surface area (Å²) in [6.45, 7) is 1.74. The highest BCUT2D eigenvalue weighted by molar-refractivity contribution is 5.85. The van der Waals surface area contributed by atoms with E-state index in [0.717, 1.165) is 6.08 Å². The first-order valence-corrected chi connectivity index (χ1v) is 4.63. The van der Waals surface area contributed by atoms with Crippen LogP contribution >= 0.6 is 0 Å². The number of carboxylic acids is 1. The van der Waals surface area contributed by atoms with Crippen LogP contribution in [0.15, 0.2) is 24.4 Å². The minimum atomic E-state index is -1.05. The van der Waals surface area contributed by atoms with Gasteiger partial charge in [0, 0.05) is 12.3 Å². The lowest BCUT2D eigenvalue weighted by molar-refractivity contribution is -0.131. The Bertz CT molecular complexity index is 587. The quantitative estimate of drug-likeness (QED) is 0.786. The summed E-state index contributed by atoms with van der Waals surface area (Å²) in [6.07, 6.45) is 3.68. The second kappa shape index (κ2) is 3.77. The van der Waals surface area contributed by atoms with Crippen molar-refractivity contribution in [2.24, 2.45) is 0 Å². The highest BCUT2D eigenvalue weighted by atomic mass is 19.1. The van der Waals surface area contributed by atoms with Crippen LogP contribution < -0.4 is 0 Å². The zero-order valence-electron chi connectivity index (χ0n) is 8.51. The van der Waals surface area contributed by atoms with Gasteiger partial charge in [-0.15, -0.1) is 0 Å². The number of pyridine rings is 1. The maximum absolute atomic E-state index is 13.0. The number of rotatable bonds is 2. The number of aryl methyl sites for hydroxylation is 1. The van der Waals surface area contributed by atoms with Gasteiger partial charge in [0.2, 0.25) is 0 Å². The number of hydrogen-bond donors (Lipinski definition) is 1. The van der Waals surface area contributed by atoms with E-state index in [4.69, 9.17) is 5.11 Å². The summed E-state index contributed by atoms with van der Waals surface area (Å²) in [5.41, 5.74) is 1.81. The molecule has 2 heterocycles. The average molecular weight is 220 g/mol. The summed E-state index contributed by atoms with van der Waals surface area (Å²) in [5.74, 6) is -1.44. The standard InChI is InChI=1S/C11H9FN2O2/c1-7-9(3-5-11(15)16)14-6-8(12)2-4-10(14)13-7/h2-6H,1H3,(H,15,16)/b5-3+. The number of halogens is 1. The summed E-state index contributed by atoms with van der Waals surface area (Å²) < 4.78 is 14.6. The van der Waals surface area contributed by atoms with Gasteiger partial charge in [0.25, 0.3) is 0 Å². The predicted molar refractivity (Wildman–Crippen MR) is 56.6 cm³/mol. The molecule has 2 rings (SSSR count). The van der Waals surface area contributed by atoms with E-state index in [1.165, 1.54) is 22.7 Å². The van der Waals surface area contributed by atoms with Crippen LogP contribution in [0.25, 0.3) is 11.7 Å². The second-order valence-electron chi connectivity index (χ2n) is 3.33. The van der Waals surface area contributed by atoms with Crippen LogP contribution in [-0.2, 0) is 4.79 Å². The average Bonchev–Trinajstić information content (AvgIpc) is 2.51. The minimum absolute atomic E-state index is 0.394. The van der Waals surface area contributed by atoms with Gasteiger partial charge in [-0.05, 0) is 25.1 Å². The number of carbonyl (C=O) groups is 1. The third-order valence-corrected chi connectivity index (χ3v) is 2.19. The van der Waals surface area contributed by atoms with E-state index < -0.39 is 11.8 Å². The Morgan fingerprint density at radius 1 is 1.56 bits per heavy atom. The molecular weight excluding hydrogens is 211 g/mol. The van der Waals surface area contributed by atoms with Gasteiger partial charge >= 0.3 is 5.97 Å². The third kappa shape index (κ3) is 1.79. The topological polar surface area (TPSA) is 54.6 Å². The molecule has 0 unspecified atom stereocenters. The number of carboxylic acid groups (broad SMARTS) is 1. The summed E-state index contributed by atoms with van der Waals surface area (Å²) in [6, 6.07) is 2.85. The molecule has 0 aliphatic rings. The fourth-order valence-electron chi connectivity index (χ4n) is 1.51. The van der Waals surface area contributed by atoms with Crippen molar-refractivity contribution in [3.63, 3.8) is 0 Å². The van der Waals surface area contributed by atoms with Crippen LogP contribution in [0.2, 0.25) is 0 Å². The monoisotopic (exact) mass is 220 g/mol. The number of aliphatic carboxylic acids is 1. The van der Waals surface area contributed by atoms with Gasteiger partial charge in [0.1, 0.15) is 11.5 Å². The Morgan fingerprint density at radius 2 is 2.31 bits per heavy atom. The Kier molecular flexibility index (Phi) is 2.44. The predicted octanol–water partition coefficient (Wildman–Crippen LogP) is 1.88. The molecule has 0 aromatic carbocycles. The second-order valence-corrected chi connectivity index (χ2v) is 3.33. The molecule has 0 atom stereocenters. The SMILES string of the molecule is Cc1nc2ccc(F)cn2c1/C=C/C(=O)O. The Hall–Kier alpha value is -2.17. The Balaban J connectivity index is 2.62. The van der Waals surface area contributed by atoms with Gasteiger partial charge < -0.3 is 5.11 Å². The van der Waals surface area contributed by atoms with Gasteiger partial charge in [0.15, 0.2) is 0 Å². The molecule has 0 aliphatic carbocycles. The van der Waals surface area contributed by atoms with Crippen LogP contribution in [0, 0.1) is 12.7 Å². The van der Waals surface area contributed by atoms with Gasteiger partial charge in [-0.1, -0.05) is 0 Å². The summed E-state index contributed by atoms with van der Waals surface area (Å²) in [5, 5.41) is 8.54. The highest BCUT2D eigenvalue weighted by Crippen LogP contribution is 2.14. The number of hydrogen-bond acceptors (Lipinski definition) is 2. The molecule has 1 N–H and O–H groups in total. The number of fused-ring (bicyclic) bond motifs is 1. The van der Waals surface area contributed by atoms with Crippen molar-refractivity contribution in [1.82, 2.24) is 9.38 Å². The van der Waals surface area contributed by atoms with Crippen LogP contribution in [0.4, 0.5) is 4.39 Å². The molecule has 0 saturated carbocycles. The summed E-state index contributed by atoms with van der Waals surface area (Å²) in [7, 11) is 0. The highest BCUT2D eigenvalue weighted by Gasteiger charge is 2.06. The maximum Gasteiger partial charge on any atom is 0.328 e. The molecule has 2 aromatic rings. The Morgan fingerprint density at radius 3 is 3.00 bits per heavy atom. The molecule has 0 aliphatic heterocycles. The maximum atomic E-state index is 13.0. The van der Waals surface area contributed by atoms with Gasteiger partial charge in [0.05, 0.1) is 11.4 Å². The van der Waals surface area contributed by atoms with Crippen molar-refractivity contribution in [1.29, 1.82) is 0 Å². The zero-order valence-corrected chi connectivity index (χ0v) is 8.51. The first kappa shape index (κ1) is 10.4. The molecule has 5 heteroatoms. The molecule has 16 heavy (non-hydrogen) atoms. The van der Waals surface area contributed by atoms with Crippen LogP contribution in [-0.4, -0.2) is 20.5 Å². The fraction of sp³-hybridized carbons (Fsp3) is 0.0909. The molecule has 0 saturated heterocycles. The van der Waals surface area contributed by atoms with Crippen LogP contribution in [0.1, 0.15) is 11.4 Å². The van der Waals surface area contributed by atoms with E-state index in [9.17, 15) is 9.18 Å². The third-order valence-electron chi connectivity index (χ3n) is 2.19. The summed E-state index contributed by atoms with van der Waals surface area (Å²) in [4.78, 5) is 14.6. The molecule has 2 aromatic heterocycles. The van der Waals surface area contributed by atoms with Crippen LogP contribution in [0.3, 0.4) is 0 Å². The largest absolute Gasteiger partial charge is 0.478 e. The fourth-order valence-corrected chi connectivity index (χ4v) is 1.51. The molecule has 82 valence electrons. The number of imidazole rings is 1. The van der Waals surface area contributed by atoms with E-state index >= 15 is 0 Å². The first-order chi connectivity index (χ1) is 7.58.